The first-order valence-corrected chi connectivity index (χ1v) is 7.21. The lowest BCUT2D eigenvalue weighted by molar-refractivity contribution is -0.145. The molecule has 1 aromatic carbocycles. The Morgan fingerprint density at radius 1 is 1.37 bits per heavy atom. The Labute approximate surface area is 125 Å². The number of methoxy groups -OCH3 is 1. The Bertz CT molecular complexity index is 436. The van der Waals surface area contributed by atoms with Crippen molar-refractivity contribution in [2.24, 2.45) is 5.92 Å². The highest BCUT2D eigenvalue weighted by molar-refractivity contribution is 9.09. The van der Waals surface area contributed by atoms with E-state index in [4.69, 9.17) is 16.3 Å². The number of amides is 1. The highest BCUT2D eigenvalue weighted by Gasteiger charge is 2.20. The van der Waals surface area contributed by atoms with Crippen molar-refractivity contribution in [3.63, 3.8) is 0 Å². The van der Waals surface area contributed by atoms with E-state index in [1.807, 2.05) is 12.1 Å². The van der Waals surface area contributed by atoms with E-state index in [0.29, 0.717) is 11.4 Å². The third-order valence-electron chi connectivity index (χ3n) is 2.60. The standard InChI is InChI=1S/C13H15BrClNO3/c1-19-13(18)10(8-16-12(17)7-14)6-9-2-4-11(15)5-3-9/h2-5,10H,6-8H2,1H3,(H,16,17)/t10-/m0/s1. The average molecular weight is 349 g/mol. The molecule has 1 atom stereocenters. The van der Waals surface area contributed by atoms with Gasteiger partial charge in [-0.2, -0.15) is 0 Å². The third-order valence-corrected chi connectivity index (χ3v) is 3.36. The summed E-state index contributed by atoms with van der Waals surface area (Å²) in [6, 6.07) is 7.24. The summed E-state index contributed by atoms with van der Waals surface area (Å²) in [5.74, 6) is -0.913. The highest BCUT2D eigenvalue weighted by atomic mass is 79.9. The number of alkyl halides is 1. The summed E-state index contributed by atoms with van der Waals surface area (Å²) < 4.78 is 4.75. The molecule has 6 heteroatoms. The summed E-state index contributed by atoms with van der Waals surface area (Å²) >= 11 is 8.86. The zero-order valence-electron chi connectivity index (χ0n) is 10.5. The second-order valence-corrected chi connectivity index (χ2v) is 4.99. The van der Waals surface area contributed by atoms with Crippen LogP contribution in [0, 0.1) is 5.92 Å². The molecule has 0 aromatic heterocycles. The largest absolute Gasteiger partial charge is 0.469 e. The van der Waals surface area contributed by atoms with Gasteiger partial charge in [0.2, 0.25) is 5.91 Å². The zero-order chi connectivity index (χ0) is 14.3. The molecule has 104 valence electrons. The zero-order valence-corrected chi connectivity index (χ0v) is 12.8. The molecule has 0 spiro atoms. The summed E-state index contributed by atoms with van der Waals surface area (Å²) in [6.07, 6.45) is 0.492. The number of hydrogen-bond donors (Lipinski definition) is 1. The molecule has 19 heavy (non-hydrogen) atoms. The van der Waals surface area contributed by atoms with Crippen LogP contribution in [0.3, 0.4) is 0 Å². The summed E-state index contributed by atoms with van der Waals surface area (Å²) in [5, 5.41) is 3.52. The number of benzene rings is 1. The lowest BCUT2D eigenvalue weighted by Gasteiger charge is -2.15. The summed E-state index contributed by atoms with van der Waals surface area (Å²) in [5.41, 5.74) is 0.966. The minimum Gasteiger partial charge on any atom is -0.469 e. The maximum absolute atomic E-state index is 11.7. The Hall–Kier alpha value is -1.07. The normalized spacial score (nSPS) is 11.7. The van der Waals surface area contributed by atoms with Gasteiger partial charge in [0.25, 0.3) is 0 Å². The molecule has 0 unspecified atom stereocenters. The lowest BCUT2D eigenvalue weighted by Crippen LogP contribution is -2.35. The monoisotopic (exact) mass is 347 g/mol. The van der Waals surface area contributed by atoms with Gasteiger partial charge in [0.1, 0.15) is 0 Å². The third kappa shape index (κ3) is 5.61. The lowest BCUT2D eigenvalue weighted by atomic mass is 9.99. The van der Waals surface area contributed by atoms with Crippen molar-refractivity contribution < 1.29 is 14.3 Å². The molecule has 1 N–H and O–H groups in total. The molecule has 0 saturated carbocycles. The number of esters is 1. The van der Waals surface area contributed by atoms with Crippen LogP contribution in [0.25, 0.3) is 0 Å². The summed E-state index contributed by atoms with van der Waals surface area (Å²) in [6.45, 7) is 0.250. The number of carbonyl (C=O) groups excluding carboxylic acids is 2. The van der Waals surface area contributed by atoms with Crippen molar-refractivity contribution >= 4 is 39.4 Å². The van der Waals surface area contributed by atoms with Gasteiger partial charge in [0, 0.05) is 11.6 Å². The van der Waals surface area contributed by atoms with Crippen LogP contribution in [-0.4, -0.2) is 30.9 Å². The predicted molar refractivity (Wildman–Crippen MR) is 77.5 cm³/mol. The second-order valence-electron chi connectivity index (χ2n) is 3.99. The maximum atomic E-state index is 11.7. The smallest absolute Gasteiger partial charge is 0.310 e. The number of halogens is 2. The molecular formula is C13H15BrClNO3. The van der Waals surface area contributed by atoms with E-state index in [9.17, 15) is 9.59 Å². The molecule has 0 aliphatic heterocycles. The van der Waals surface area contributed by atoms with E-state index in [1.54, 1.807) is 12.1 Å². The molecule has 1 aromatic rings. The van der Waals surface area contributed by atoms with Crippen LogP contribution < -0.4 is 5.32 Å². The van der Waals surface area contributed by atoms with Crippen molar-refractivity contribution in [1.82, 2.24) is 5.32 Å². The van der Waals surface area contributed by atoms with E-state index >= 15 is 0 Å². The van der Waals surface area contributed by atoms with Crippen molar-refractivity contribution in [3.05, 3.63) is 34.9 Å². The van der Waals surface area contributed by atoms with Gasteiger partial charge in [0.05, 0.1) is 18.4 Å². The van der Waals surface area contributed by atoms with Crippen LogP contribution in [0.5, 0.6) is 0 Å². The topological polar surface area (TPSA) is 55.4 Å². The Kier molecular flexibility index (Phi) is 6.87. The van der Waals surface area contributed by atoms with Gasteiger partial charge in [-0.25, -0.2) is 0 Å². The minimum absolute atomic E-state index is 0.162. The molecule has 0 heterocycles. The molecule has 0 fully saturated rings. The van der Waals surface area contributed by atoms with E-state index in [1.165, 1.54) is 7.11 Å². The van der Waals surface area contributed by atoms with E-state index < -0.39 is 5.92 Å². The Morgan fingerprint density at radius 2 is 2.00 bits per heavy atom. The molecule has 1 rings (SSSR count). The molecule has 0 saturated heterocycles. The van der Waals surface area contributed by atoms with E-state index in [2.05, 4.69) is 21.2 Å². The van der Waals surface area contributed by atoms with Gasteiger partial charge in [-0.1, -0.05) is 39.7 Å². The van der Waals surface area contributed by atoms with Crippen LogP contribution in [0.4, 0.5) is 0 Å². The number of carbonyl (C=O) groups is 2. The van der Waals surface area contributed by atoms with Crippen LogP contribution in [0.15, 0.2) is 24.3 Å². The fraction of sp³-hybridized carbons (Fsp3) is 0.385. The molecule has 1 amide bonds. The van der Waals surface area contributed by atoms with E-state index in [0.717, 1.165) is 5.56 Å². The first kappa shape index (κ1) is 16.0. The Morgan fingerprint density at radius 3 is 2.53 bits per heavy atom. The minimum atomic E-state index is -0.408. The fourth-order valence-electron chi connectivity index (χ4n) is 1.59. The molecule has 0 radical (unpaired) electrons. The number of ether oxygens (including phenoxy) is 1. The SMILES string of the molecule is COC(=O)[C@H](CNC(=O)CBr)Cc1ccc(Cl)cc1. The molecule has 0 bridgehead atoms. The van der Waals surface area contributed by atoms with E-state index in [-0.39, 0.29) is 23.8 Å². The number of rotatable bonds is 6. The number of nitrogens with one attached hydrogen (secondary N) is 1. The first-order valence-electron chi connectivity index (χ1n) is 5.71. The average Bonchev–Trinajstić information content (AvgIpc) is 2.44. The Balaban J connectivity index is 2.66. The highest BCUT2D eigenvalue weighted by Crippen LogP contribution is 2.14. The van der Waals surface area contributed by atoms with Crippen LogP contribution in [-0.2, 0) is 20.7 Å². The van der Waals surface area contributed by atoms with Crippen molar-refractivity contribution in [2.45, 2.75) is 6.42 Å². The van der Waals surface area contributed by atoms with Crippen molar-refractivity contribution in [2.75, 3.05) is 19.0 Å². The quantitative estimate of drug-likeness (QED) is 0.633. The van der Waals surface area contributed by atoms with Crippen LogP contribution in [0.2, 0.25) is 5.02 Å². The van der Waals surface area contributed by atoms with Gasteiger partial charge in [0.15, 0.2) is 0 Å². The van der Waals surface area contributed by atoms with Gasteiger partial charge >= 0.3 is 5.97 Å². The van der Waals surface area contributed by atoms with Gasteiger partial charge in [-0.3, -0.25) is 9.59 Å². The van der Waals surface area contributed by atoms with Crippen LogP contribution >= 0.6 is 27.5 Å². The molecule has 4 nitrogen and oxygen atoms in total. The predicted octanol–water partition coefficient (Wildman–Crippen LogP) is 2.18. The first-order chi connectivity index (χ1) is 9.06. The van der Waals surface area contributed by atoms with Crippen LogP contribution in [0.1, 0.15) is 5.56 Å². The van der Waals surface area contributed by atoms with Crippen molar-refractivity contribution in [3.8, 4) is 0 Å². The number of hydrogen-bond acceptors (Lipinski definition) is 3. The van der Waals surface area contributed by atoms with Gasteiger partial charge in [-0.15, -0.1) is 0 Å². The fourth-order valence-corrected chi connectivity index (χ4v) is 1.92. The van der Waals surface area contributed by atoms with Crippen molar-refractivity contribution in [1.29, 1.82) is 0 Å². The molecule has 0 aliphatic rings. The van der Waals surface area contributed by atoms with Gasteiger partial charge < -0.3 is 10.1 Å². The maximum Gasteiger partial charge on any atom is 0.310 e. The molecule has 0 aliphatic carbocycles. The van der Waals surface area contributed by atoms with Gasteiger partial charge in [-0.05, 0) is 24.1 Å². The molecular weight excluding hydrogens is 334 g/mol. The summed E-state index contributed by atoms with van der Waals surface area (Å²) in [4.78, 5) is 22.9. The second kappa shape index (κ2) is 8.17. The summed E-state index contributed by atoms with van der Waals surface area (Å²) in [7, 11) is 1.34.